The number of hydrogen-bond acceptors (Lipinski definition) is 3. The van der Waals surface area contributed by atoms with Crippen LogP contribution in [0.3, 0.4) is 0 Å². The number of carbonyl (C=O) groups is 2. The molecule has 0 aromatic heterocycles. The molecule has 0 radical (unpaired) electrons. The summed E-state index contributed by atoms with van der Waals surface area (Å²) < 4.78 is 31.5. The monoisotopic (exact) mass is 332 g/mol. The molecule has 24 heavy (non-hydrogen) atoms. The number of benzene rings is 2. The third kappa shape index (κ3) is 3.51. The van der Waals surface area contributed by atoms with Gasteiger partial charge >= 0.3 is 0 Å². The Morgan fingerprint density at radius 3 is 2.79 bits per heavy atom. The fourth-order valence-corrected chi connectivity index (χ4v) is 2.30. The molecule has 3 rings (SSSR count). The zero-order valence-electron chi connectivity index (χ0n) is 12.6. The van der Waals surface area contributed by atoms with Crippen LogP contribution in [0, 0.1) is 11.6 Å². The number of anilines is 1. The minimum absolute atomic E-state index is 0.0281. The van der Waals surface area contributed by atoms with E-state index < -0.39 is 17.5 Å². The van der Waals surface area contributed by atoms with Gasteiger partial charge in [0.25, 0.3) is 5.91 Å². The zero-order chi connectivity index (χ0) is 17.1. The number of rotatable bonds is 3. The molecule has 2 N–H and O–H groups in total. The smallest absolute Gasteiger partial charge is 0.251 e. The summed E-state index contributed by atoms with van der Waals surface area (Å²) in [5.41, 5.74) is 1.30. The number of hydrogen-bond donors (Lipinski definition) is 2. The Bertz CT molecular complexity index is 808. The molecule has 0 aliphatic carbocycles. The lowest BCUT2D eigenvalue weighted by Gasteiger charge is -2.10. The van der Waals surface area contributed by atoms with E-state index in [2.05, 4.69) is 10.6 Å². The predicted octanol–water partition coefficient (Wildman–Crippen LogP) is 2.62. The molecule has 1 aliphatic heterocycles. The standard InChI is InChI=1S/C17H14F2N2O3/c18-12-3-2-11(8-13(12)19)17(23)20-9-10-1-4-15-14(7-10)21-16(22)5-6-24-15/h1-4,7-8H,5-6,9H2,(H,20,23)(H,21,22). The lowest BCUT2D eigenvalue weighted by atomic mass is 10.1. The van der Waals surface area contributed by atoms with Gasteiger partial charge in [-0.2, -0.15) is 0 Å². The Kier molecular flexibility index (Phi) is 4.41. The van der Waals surface area contributed by atoms with Crippen molar-refractivity contribution in [1.82, 2.24) is 5.32 Å². The average Bonchev–Trinajstić information content (AvgIpc) is 2.75. The third-order valence-electron chi connectivity index (χ3n) is 3.54. The first-order valence-corrected chi connectivity index (χ1v) is 7.32. The fraction of sp³-hybridized carbons (Fsp3) is 0.176. The van der Waals surface area contributed by atoms with E-state index in [0.717, 1.165) is 17.7 Å². The van der Waals surface area contributed by atoms with Crippen molar-refractivity contribution in [3.05, 3.63) is 59.2 Å². The van der Waals surface area contributed by atoms with Crippen molar-refractivity contribution in [3.63, 3.8) is 0 Å². The van der Waals surface area contributed by atoms with Gasteiger partial charge in [0.1, 0.15) is 5.75 Å². The summed E-state index contributed by atoms with van der Waals surface area (Å²) in [4.78, 5) is 23.5. The minimum Gasteiger partial charge on any atom is -0.491 e. The molecule has 0 fully saturated rings. The molecular formula is C17H14F2N2O3. The highest BCUT2D eigenvalue weighted by Gasteiger charge is 2.15. The van der Waals surface area contributed by atoms with Crippen molar-refractivity contribution in [1.29, 1.82) is 0 Å². The van der Waals surface area contributed by atoms with Gasteiger partial charge in [-0.15, -0.1) is 0 Å². The van der Waals surface area contributed by atoms with Crippen LogP contribution < -0.4 is 15.4 Å². The van der Waals surface area contributed by atoms with Gasteiger partial charge in [-0.25, -0.2) is 8.78 Å². The van der Waals surface area contributed by atoms with E-state index in [0.29, 0.717) is 18.0 Å². The van der Waals surface area contributed by atoms with Crippen LogP contribution in [0.25, 0.3) is 0 Å². The molecule has 0 saturated carbocycles. The van der Waals surface area contributed by atoms with Crippen LogP contribution >= 0.6 is 0 Å². The Hall–Kier alpha value is -2.96. The molecule has 0 saturated heterocycles. The van der Waals surface area contributed by atoms with Crippen LogP contribution in [0.5, 0.6) is 5.75 Å². The van der Waals surface area contributed by atoms with Crippen LogP contribution in [0.2, 0.25) is 0 Å². The van der Waals surface area contributed by atoms with E-state index in [-0.39, 0.29) is 24.4 Å². The molecule has 2 amide bonds. The number of fused-ring (bicyclic) bond motifs is 1. The second-order valence-electron chi connectivity index (χ2n) is 5.29. The van der Waals surface area contributed by atoms with Gasteiger partial charge < -0.3 is 15.4 Å². The van der Waals surface area contributed by atoms with Crippen LogP contribution in [0.15, 0.2) is 36.4 Å². The number of nitrogens with one attached hydrogen (secondary N) is 2. The van der Waals surface area contributed by atoms with Crippen molar-refractivity contribution < 1.29 is 23.1 Å². The Morgan fingerprint density at radius 1 is 1.17 bits per heavy atom. The maximum Gasteiger partial charge on any atom is 0.251 e. The summed E-state index contributed by atoms with van der Waals surface area (Å²) >= 11 is 0. The van der Waals surface area contributed by atoms with Gasteiger partial charge in [0.05, 0.1) is 18.7 Å². The van der Waals surface area contributed by atoms with Crippen LogP contribution in [-0.4, -0.2) is 18.4 Å². The van der Waals surface area contributed by atoms with Crippen molar-refractivity contribution in [3.8, 4) is 5.75 Å². The maximum absolute atomic E-state index is 13.2. The molecule has 5 nitrogen and oxygen atoms in total. The normalized spacial score (nSPS) is 13.3. The van der Waals surface area contributed by atoms with Gasteiger partial charge in [0, 0.05) is 12.1 Å². The second kappa shape index (κ2) is 6.66. The molecule has 0 atom stereocenters. The summed E-state index contributed by atoms with van der Waals surface area (Å²) in [6.45, 7) is 0.478. The number of amides is 2. The molecular weight excluding hydrogens is 318 g/mol. The second-order valence-corrected chi connectivity index (χ2v) is 5.29. The molecule has 0 spiro atoms. The topological polar surface area (TPSA) is 67.4 Å². The van der Waals surface area contributed by atoms with E-state index in [4.69, 9.17) is 4.74 Å². The molecule has 124 valence electrons. The summed E-state index contributed by atoms with van der Waals surface area (Å²) in [6, 6.07) is 8.11. The first-order valence-electron chi connectivity index (χ1n) is 7.32. The van der Waals surface area contributed by atoms with E-state index in [1.54, 1.807) is 18.2 Å². The summed E-state index contributed by atoms with van der Waals surface area (Å²) in [5, 5.41) is 5.34. The highest BCUT2D eigenvalue weighted by atomic mass is 19.2. The number of ether oxygens (including phenoxy) is 1. The van der Waals surface area contributed by atoms with Crippen molar-refractivity contribution in [2.24, 2.45) is 0 Å². The third-order valence-corrected chi connectivity index (χ3v) is 3.54. The molecule has 7 heteroatoms. The molecule has 0 unspecified atom stereocenters. The van der Waals surface area contributed by atoms with E-state index in [9.17, 15) is 18.4 Å². The Morgan fingerprint density at radius 2 is 2.00 bits per heavy atom. The van der Waals surface area contributed by atoms with Crippen molar-refractivity contribution in [2.75, 3.05) is 11.9 Å². The van der Waals surface area contributed by atoms with E-state index in [1.165, 1.54) is 6.07 Å². The number of carbonyl (C=O) groups excluding carboxylic acids is 2. The lowest BCUT2D eigenvalue weighted by molar-refractivity contribution is -0.116. The molecule has 1 heterocycles. The summed E-state index contributed by atoms with van der Waals surface area (Å²) in [6.07, 6.45) is 0.275. The molecule has 2 aromatic rings. The van der Waals surface area contributed by atoms with Gasteiger partial charge in [0.2, 0.25) is 5.91 Å². The SMILES string of the molecule is O=C1CCOc2ccc(CNC(=O)c3ccc(F)c(F)c3)cc2N1. The summed E-state index contributed by atoms with van der Waals surface area (Å²) in [5.74, 6) is -2.18. The lowest BCUT2D eigenvalue weighted by Crippen LogP contribution is -2.23. The van der Waals surface area contributed by atoms with Crippen LogP contribution in [-0.2, 0) is 11.3 Å². The first-order chi connectivity index (χ1) is 11.5. The minimum atomic E-state index is -1.08. The largest absolute Gasteiger partial charge is 0.491 e. The van der Waals surface area contributed by atoms with E-state index in [1.807, 2.05) is 0 Å². The van der Waals surface area contributed by atoms with E-state index >= 15 is 0 Å². The Labute approximate surface area is 136 Å². The predicted molar refractivity (Wildman–Crippen MR) is 82.7 cm³/mol. The average molecular weight is 332 g/mol. The van der Waals surface area contributed by atoms with Gasteiger partial charge in [-0.1, -0.05) is 6.07 Å². The van der Waals surface area contributed by atoms with Gasteiger partial charge in [0.15, 0.2) is 11.6 Å². The van der Waals surface area contributed by atoms with Crippen molar-refractivity contribution >= 4 is 17.5 Å². The zero-order valence-corrected chi connectivity index (χ0v) is 12.6. The maximum atomic E-state index is 13.2. The summed E-state index contributed by atoms with van der Waals surface area (Å²) in [7, 11) is 0. The molecule has 2 aromatic carbocycles. The van der Waals surface area contributed by atoms with Crippen LogP contribution in [0.1, 0.15) is 22.3 Å². The highest BCUT2D eigenvalue weighted by Crippen LogP contribution is 2.28. The quantitative estimate of drug-likeness (QED) is 0.908. The van der Waals surface area contributed by atoms with Gasteiger partial charge in [-0.3, -0.25) is 9.59 Å². The van der Waals surface area contributed by atoms with Gasteiger partial charge in [-0.05, 0) is 35.9 Å². The number of halogens is 2. The Balaban J connectivity index is 1.69. The van der Waals surface area contributed by atoms with Crippen LogP contribution in [0.4, 0.5) is 14.5 Å². The highest BCUT2D eigenvalue weighted by molar-refractivity contribution is 5.94. The fourth-order valence-electron chi connectivity index (χ4n) is 2.30. The van der Waals surface area contributed by atoms with Crippen molar-refractivity contribution in [2.45, 2.75) is 13.0 Å². The molecule has 1 aliphatic rings. The molecule has 0 bridgehead atoms. The first kappa shape index (κ1) is 15.9.